The molecule has 3 aromatic carbocycles. The van der Waals surface area contributed by atoms with Crippen LogP contribution in [0.4, 0.5) is 0 Å². The summed E-state index contributed by atoms with van der Waals surface area (Å²) in [5, 5.41) is 13.9. The largest absolute Gasteiger partial charge is 0.478 e. The highest BCUT2D eigenvalue weighted by molar-refractivity contribution is 5.99. The molecule has 214 valence electrons. The second kappa shape index (κ2) is 11.2. The number of carbonyl (C=O) groups excluding carboxylic acids is 1. The van der Waals surface area contributed by atoms with Crippen molar-refractivity contribution in [1.29, 1.82) is 0 Å². The van der Waals surface area contributed by atoms with Crippen LogP contribution in [-0.2, 0) is 6.54 Å². The molecule has 0 radical (unpaired) electrons. The fourth-order valence-corrected chi connectivity index (χ4v) is 6.10. The molecule has 2 heterocycles. The van der Waals surface area contributed by atoms with Crippen molar-refractivity contribution in [2.45, 2.75) is 66.1 Å². The zero-order valence-corrected chi connectivity index (χ0v) is 25.0. The van der Waals surface area contributed by atoms with E-state index in [1.54, 1.807) is 12.1 Å². The molecule has 41 heavy (non-hydrogen) atoms. The van der Waals surface area contributed by atoms with Crippen LogP contribution >= 0.6 is 0 Å². The lowest BCUT2D eigenvalue weighted by Crippen LogP contribution is -2.43. The van der Waals surface area contributed by atoms with Crippen LogP contribution in [0.1, 0.15) is 71.7 Å². The fourth-order valence-electron chi connectivity index (χ4n) is 6.10. The summed E-state index contributed by atoms with van der Waals surface area (Å²) < 4.78 is 2.29. The van der Waals surface area contributed by atoms with Crippen LogP contribution in [0.3, 0.4) is 0 Å². The second-order valence-corrected chi connectivity index (χ2v) is 12.5. The Balaban J connectivity index is 1.33. The van der Waals surface area contributed by atoms with E-state index in [2.05, 4.69) is 74.5 Å². The molecular formula is C35H41N3O3. The smallest absolute Gasteiger partial charge is 0.336 e. The van der Waals surface area contributed by atoms with Crippen molar-refractivity contribution in [2.75, 3.05) is 13.1 Å². The van der Waals surface area contributed by atoms with E-state index >= 15 is 0 Å². The summed E-state index contributed by atoms with van der Waals surface area (Å²) in [6.07, 6.45) is 1.10. The predicted octanol–water partition coefficient (Wildman–Crippen LogP) is 6.91. The van der Waals surface area contributed by atoms with Crippen LogP contribution in [-0.4, -0.2) is 51.1 Å². The number of aromatic carboxylic acids is 1. The summed E-state index contributed by atoms with van der Waals surface area (Å²) in [6.45, 7) is 15.9. The number of nitrogens with zero attached hydrogens (tertiary/aromatic N) is 2. The second-order valence-electron chi connectivity index (χ2n) is 12.5. The third-order valence-corrected chi connectivity index (χ3v) is 8.90. The van der Waals surface area contributed by atoms with Gasteiger partial charge in [-0.3, -0.25) is 9.69 Å². The first kappa shape index (κ1) is 28.6. The highest BCUT2D eigenvalue weighted by Crippen LogP contribution is 2.30. The number of carboxylic acids is 1. The molecule has 5 rings (SSSR count). The van der Waals surface area contributed by atoms with Gasteiger partial charge in [-0.1, -0.05) is 42.5 Å². The van der Waals surface area contributed by atoms with Gasteiger partial charge in [-0.05, 0) is 107 Å². The number of aryl methyl sites for hydroxylation is 1. The van der Waals surface area contributed by atoms with E-state index in [0.29, 0.717) is 29.2 Å². The summed E-state index contributed by atoms with van der Waals surface area (Å²) in [5.74, 6) is -0.491. The Morgan fingerprint density at radius 1 is 1.02 bits per heavy atom. The summed E-state index contributed by atoms with van der Waals surface area (Å²) in [6, 6.07) is 21.3. The van der Waals surface area contributed by atoms with Gasteiger partial charge in [0, 0.05) is 46.8 Å². The molecule has 2 atom stereocenters. The number of rotatable bonds is 7. The number of fused-ring (bicyclic) bond motifs is 1. The van der Waals surface area contributed by atoms with Crippen LogP contribution in [0.15, 0.2) is 66.7 Å². The minimum absolute atomic E-state index is 0.0179. The van der Waals surface area contributed by atoms with Gasteiger partial charge in [0.15, 0.2) is 0 Å². The van der Waals surface area contributed by atoms with Gasteiger partial charge in [0.2, 0.25) is 0 Å². The minimum Gasteiger partial charge on any atom is -0.478 e. The van der Waals surface area contributed by atoms with E-state index in [1.807, 2.05) is 36.4 Å². The van der Waals surface area contributed by atoms with E-state index in [9.17, 15) is 14.7 Å². The van der Waals surface area contributed by atoms with Crippen molar-refractivity contribution >= 4 is 22.8 Å². The molecule has 0 bridgehead atoms. The quantitative estimate of drug-likeness (QED) is 0.262. The number of carbonyl (C=O) groups is 2. The number of amides is 1. The molecule has 1 aliphatic rings. The molecule has 1 aromatic heterocycles. The first-order valence-corrected chi connectivity index (χ1v) is 14.5. The Kier molecular flexibility index (Phi) is 7.80. The summed E-state index contributed by atoms with van der Waals surface area (Å²) in [7, 11) is 0. The number of likely N-dealkylation sites (tertiary alicyclic amines) is 1. The molecule has 6 heteroatoms. The predicted molar refractivity (Wildman–Crippen MR) is 166 cm³/mol. The maximum absolute atomic E-state index is 13.3. The third-order valence-electron chi connectivity index (χ3n) is 8.90. The Morgan fingerprint density at radius 2 is 1.73 bits per heavy atom. The van der Waals surface area contributed by atoms with E-state index < -0.39 is 5.97 Å². The number of aromatic nitrogens is 1. The Labute approximate surface area is 243 Å². The first-order valence-electron chi connectivity index (χ1n) is 14.5. The number of nitrogens with one attached hydrogen (secondary N) is 1. The molecule has 1 saturated heterocycles. The molecule has 2 N–H and O–H groups in total. The summed E-state index contributed by atoms with van der Waals surface area (Å²) in [4.78, 5) is 27.4. The monoisotopic (exact) mass is 551 g/mol. The van der Waals surface area contributed by atoms with Crippen molar-refractivity contribution in [3.8, 4) is 11.1 Å². The average molecular weight is 552 g/mol. The molecule has 0 aliphatic carbocycles. The SMILES string of the molecule is Cc1c(C)n(Cc2ccc(-c3ccccc3C(=O)O)cc2)c2ccc(C(=O)NC(C)C3CCN(C(C)(C)C)C3)cc12. The molecule has 4 aromatic rings. The van der Waals surface area contributed by atoms with E-state index in [4.69, 9.17) is 0 Å². The topological polar surface area (TPSA) is 74.6 Å². The number of hydrogen-bond acceptors (Lipinski definition) is 3. The van der Waals surface area contributed by atoms with Crippen molar-refractivity contribution in [3.63, 3.8) is 0 Å². The van der Waals surface area contributed by atoms with Crippen LogP contribution in [0.25, 0.3) is 22.0 Å². The van der Waals surface area contributed by atoms with Crippen LogP contribution in [0, 0.1) is 19.8 Å². The lowest BCUT2D eigenvalue weighted by Gasteiger charge is -2.32. The van der Waals surface area contributed by atoms with Gasteiger partial charge in [-0.2, -0.15) is 0 Å². The zero-order chi connectivity index (χ0) is 29.5. The van der Waals surface area contributed by atoms with Gasteiger partial charge in [-0.25, -0.2) is 4.79 Å². The van der Waals surface area contributed by atoms with E-state index in [0.717, 1.165) is 41.5 Å². The normalized spacial score (nSPS) is 16.7. The van der Waals surface area contributed by atoms with Gasteiger partial charge < -0.3 is 15.0 Å². The van der Waals surface area contributed by atoms with Crippen LogP contribution < -0.4 is 5.32 Å². The van der Waals surface area contributed by atoms with E-state index in [-0.39, 0.29) is 17.5 Å². The standard InChI is InChI=1S/C35H41N3O3/c1-22-24(3)38(20-25-11-13-26(14-12-25)29-9-7-8-10-30(29)34(40)41)32-16-15-27(19-31(22)32)33(39)36-23(2)28-17-18-37(21-28)35(4,5)6/h7-16,19,23,28H,17-18,20-21H2,1-6H3,(H,36,39)(H,40,41). The first-order chi connectivity index (χ1) is 19.4. The highest BCUT2D eigenvalue weighted by Gasteiger charge is 2.33. The molecule has 0 spiro atoms. The minimum atomic E-state index is -0.928. The third kappa shape index (κ3) is 5.80. The maximum atomic E-state index is 13.3. The van der Waals surface area contributed by atoms with Gasteiger partial charge >= 0.3 is 5.97 Å². The lowest BCUT2D eigenvalue weighted by molar-refractivity contribution is 0.0697. The van der Waals surface area contributed by atoms with Crippen LogP contribution in [0.5, 0.6) is 0 Å². The van der Waals surface area contributed by atoms with Crippen molar-refractivity contribution < 1.29 is 14.7 Å². The van der Waals surface area contributed by atoms with E-state index in [1.165, 1.54) is 11.3 Å². The Bertz CT molecular complexity index is 1590. The molecule has 2 unspecified atom stereocenters. The van der Waals surface area contributed by atoms with Crippen LogP contribution in [0.2, 0.25) is 0 Å². The van der Waals surface area contributed by atoms with Crippen molar-refractivity contribution in [2.24, 2.45) is 5.92 Å². The molecule has 6 nitrogen and oxygen atoms in total. The maximum Gasteiger partial charge on any atom is 0.336 e. The molecule has 1 aliphatic heterocycles. The summed E-state index contributed by atoms with van der Waals surface area (Å²) in [5.41, 5.74) is 7.30. The fraction of sp³-hybridized carbons (Fsp3) is 0.371. The van der Waals surface area contributed by atoms with Gasteiger partial charge in [0.25, 0.3) is 5.91 Å². The van der Waals surface area contributed by atoms with Crippen molar-refractivity contribution in [3.05, 3.63) is 94.7 Å². The zero-order valence-electron chi connectivity index (χ0n) is 25.0. The number of benzene rings is 3. The van der Waals surface area contributed by atoms with Gasteiger partial charge in [-0.15, -0.1) is 0 Å². The average Bonchev–Trinajstić information content (AvgIpc) is 3.54. The molecule has 0 saturated carbocycles. The van der Waals surface area contributed by atoms with Gasteiger partial charge in [0.05, 0.1) is 5.56 Å². The lowest BCUT2D eigenvalue weighted by atomic mass is 9.99. The molecule has 1 amide bonds. The molecular weight excluding hydrogens is 510 g/mol. The molecule has 1 fully saturated rings. The summed E-state index contributed by atoms with van der Waals surface area (Å²) >= 11 is 0. The Morgan fingerprint density at radius 3 is 2.39 bits per heavy atom. The Hall–Kier alpha value is -3.90. The highest BCUT2D eigenvalue weighted by atomic mass is 16.4. The van der Waals surface area contributed by atoms with Gasteiger partial charge in [0.1, 0.15) is 0 Å². The number of carboxylic acid groups (broad SMARTS) is 1. The number of hydrogen-bond donors (Lipinski definition) is 2. The van der Waals surface area contributed by atoms with Crippen molar-refractivity contribution in [1.82, 2.24) is 14.8 Å².